The van der Waals surface area contributed by atoms with Gasteiger partial charge in [0.2, 0.25) is 0 Å². The molecule has 0 radical (unpaired) electrons. The van der Waals surface area contributed by atoms with Gasteiger partial charge in [-0.25, -0.2) is 0 Å². The van der Waals surface area contributed by atoms with Crippen molar-refractivity contribution in [2.75, 3.05) is 0 Å². The molecule has 0 aliphatic rings. The first kappa shape index (κ1) is 13.0. The van der Waals surface area contributed by atoms with Crippen LogP contribution < -0.4 is 0 Å². The molecule has 0 heterocycles. The Bertz CT molecular complexity index is 375. The van der Waals surface area contributed by atoms with Crippen molar-refractivity contribution in [1.29, 1.82) is 0 Å². The number of carbonyl (C=O) groups excluding carboxylic acids is 1. The molecule has 0 unspecified atom stereocenters. The minimum Gasteiger partial charge on any atom is -0.299 e. The van der Waals surface area contributed by atoms with Crippen LogP contribution >= 0.6 is 0 Å². The van der Waals surface area contributed by atoms with Crippen LogP contribution in [0.4, 0.5) is 0 Å². The first-order valence-electron chi connectivity index (χ1n) is 5.93. The summed E-state index contributed by atoms with van der Waals surface area (Å²) in [5, 5.41) is 0. The summed E-state index contributed by atoms with van der Waals surface area (Å²) in [6, 6.07) is 8.32. The van der Waals surface area contributed by atoms with Crippen LogP contribution in [0.1, 0.15) is 45.2 Å². The maximum Gasteiger partial charge on any atom is 0.136 e. The summed E-state index contributed by atoms with van der Waals surface area (Å²) in [7, 11) is 0. The third-order valence-corrected chi connectivity index (χ3v) is 3.13. The van der Waals surface area contributed by atoms with Gasteiger partial charge < -0.3 is 0 Å². The number of carbonyl (C=O) groups is 1. The van der Waals surface area contributed by atoms with Crippen LogP contribution in [0.2, 0.25) is 0 Å². The summed E-state index contributed by atoms with van der Waals surface area (Å²) in [4.78, 5) is 11.8. The van der Waals surface area contributed by atoms with E-state index in [2.05, 4.69) is 32.9 Å². The van der Waals surface area contributed by atoms with Gasteiger partial charge in [-0.2, -0.15) is 0 Å². The summed E-state index contributed by atoms with van der Waals surface area (Å²) in [6.45, 7) is 10.3. The normalized spacial score (nSPS) is 11.9. The third-order valence-electron chi connectivity index (χ3n) is 3.13. The molecule has 0 N–H and O–H groups in total. The van der Waals surface area contributed by atoms with Crippen LogP contribution in [0.25, 0.3) is 0 Å². The monoisotopic (exact) mass is 218 g/mol. The van der Waals surface area contributed by atoms with E-state index >= 15 is 0 Å². The minimum atomic E-state index is -0.0628. The first-order valence-corrected chi connectivity index (χ1v) is 5.93. The Hall–Kier alpha value is -1.11. The molecule has 16 heavy (non-hydrogen) atoms. The molecule has 1 nitrogen and oxygen atoms in total. The highest BCUT2D eigenvalue weighted by Gasteiger charge is 2.26. The summed E-state index contributed by atoms with van der Waals surface area (Å²) in [5.41, 5.74) is 2.49. The van der Waals surface area contributed by atoms with Crippen molar-refractivity contribution >= 4 is 5.78 Å². The SMILES string of the molecule is Cc1ccccc1C(C)(C)CC(=O)C(C)C. The Balaban J connectivity index is 2.94. The second-order valence-electron chi connectivity index (χ2n) is 5.50. The lowest BCUT2D eigenvalue weighted by molar-refractivity contribution is -0.122. The Kier molecular flexibility index (Phi) is 3.90. The number of benzene rings is 1. The zero-order chi connectivity index (χ0) is 12.3. The molecule has 88 valence electrons. The van der Waals surface area contributed by atoms with E-state index in [0.29, 0.717) is 12.2 Å². The summed E-state index contributed by atoms with van der Waals surface area (Å²) in [5.74, 6) is 0.469. The molecule has 0 aromatic heterocycles. The third kappa shape index (κ3) is 2.94. The molecule has 1 aromatic rings. The smallest absolute Gasteiger partial charge is 0.136 e. The minimum absolute atomic E-state index is 0.0628. The largest absolute Gasteiger partial charge is 0.299 e. The molecule has 0 fully saturated rings. The van der Waals surface area contributed by atoms with E-state index in [0.717, 1.165) is 0 Å². The van der Waals surface area contributed by atoms with Gasteiger partial charge >= 0.3 is 0 Å². The molecule has 1 heteroatoms. The van der Waals surface area contributed by atoms with Crippen molar-refractivity contribution in [2.45, 2.75) is 46.5 Å². The Morgan fingerprint density at radius 3 is 2.31 bits per heavy atom. The van der Waals surface area contributed by atoms with Gasteiger partial charge in [-0.15, -0.1) is 0 Å². The van der Waals surface area contributed by atoms with Crippen molar-refractivity contribution in [3.05, 3.63) is 35.4 Å². The van der Waals surface area contributed by atoms with E-state index in [1.165, 1.54) is 11.1 Å². The van der Waals surface area contributed by atoms with Gasteiger partial charge in [-0.05, 0) is 23.5 Å². The molecular formula is C15H22O. The number of rotatable bonds is 4. The Morgan fingerprint density at radius 1 is 1.25 bits per heavy atom. The highest BCUT2D eigenvalue weighted by molar-refractivity contribution is 5.81. The first-order chi connectivity index (χ1) is 7.34. The van der Waals surface area contributed by atoms with E-state index in [1.54, 1.807) is 0 Å². The molecule has 1 rings (SSSR count). The molecule has 0 saturated carbocycles. The van der Waals surface area contributed by atoms with Crippen molar-refractivity contribution in [1.82, 2.24) is 0 Å². The molecule has 0 spiro atoms. The topological polar surface area (TPSA) is 17.1 Å². The van der Waals surface area contributed by atoms with Crippen LogP contribution in [0.3, 0.4) is 0 Å². The second kappa shape index (κ2) is 4.82. The lowest BCUT2D eigenvalue weighted by Crippen LogP contribution is -2.25. The molecule has 1 aromatic carbocycles. The van der Waals surface area contributed by atoms with Gasteiger partial charge in [-0.3, -0.25) is 4.79 Å². The summed E-state index contributed by atoms with van der Waals surface area (Å²) < 4.78 is 0. The fourth-order valence-corrected chi connectivity index (χ4v) is 2.07. The summed E-state index contributed by atoms with van der Waals surface area (Å²) >= 11 is 0. The van der Waals surface area contributed by atoms with Gasteiger partial charge in [0.05, 0.1) is 0 Å². The van der Waals surface area contributed by atoms with Gasteiger partial charge in [0.15, 0.2) is 0 Å². The van der Waals surface area contributed by atoms with Gasteiger partial charge in [0.25, 0.3) is 0 Å². The highest BCUT2D eigenvalue weighted by atomic mass is 16.1. The average Bonchev–Trinajstić information content (AvgIpc) is 2.17. The standard InChI is InChI=1S/C15H22O/c1-11(2)14(16)10-15(4,5)13-9-7-6-8-12(13)3/h6-9,11H,10H2,1-5H3. The highest BCUT2D eigenvalue weighted by Crippen LogP contribution is 2.30. The predicted octanol–water partition coefficient (Wildman–Crippen LogP) is 3.89. The molecule has 0 saturated heterocycles. The van der Waals surface area contributed by atoms with Crippen molar-refractivity contribution in [3.63, 3.8) is 0 Å². The molecule has 0 amide bonds. The summed E-state index contributed by atoms with van der Waals surface area (Å²) in [6.07, 6.45) is 0.621. The van der Waals surface area contributed by atoms with Crippen LogP contribution in [0.15, 0.2) is 24.3 Å². The average molecular weight is 218 g/mol. The van der Waals surface area contributed by atoms with Crippen molar-refractivity contribution in [2.24, 2.45) is 5.92 Å². The number of Topliss-reactive ketones (excluding diaryl/α,β-unsaturated/α-hetero) is 1. The van der Waals surface area contributed by atoms with E-state index in [-0.39, 0.29) is 11.3 Å². The number of ketones is 1. The molecular weight excluding hydrogens is 196 g/mol. The van der Waals surface area contributed by atoms with Crippen LogP contribution in [0, 0.1) is 12.8 Å². The Labute approximate surface area is 98.9 Å². The van der Waals surface area contributed by atoms with Crippen molar-refractivity contribution in [3.8, 4) is 0 Å². The zero-order valence-corrected chi connectivity index (χ0v) is 11.0. The maximum absolute atomic E-state index is 11.8. The quantitative estimate of drug-likeness (QED) is 0.749. The molecule has 0 bridgehead atoms. The van der Waals surface area contributed by atoms with Crippen LogP contribution in [-0.2, 0) is 10.2 Å². The lowest BCUT2D eigenvalue weighted by Gasteiger charge is -2.27. The van der Waals surface area contributed by atoms with E-state index in [9.17, 15) is 4.79 Å². The lowest BCUT2D eigenvalue weighted by atomic mass is 9.77. The van der Waals surface area contributed by atoms with E-state index in [4.69, 9.17) is 0 Å². The van der Waals surface area contributed by atoms with E-state index < -0.39 is 0 Å². The van der Waals surface area contributed by atoms with Crippen LogP contribution in [-0.4, -0.2) is 5.78 Å². The number of hydrogen-bond donors (Lipinski definition) is 0. The molecule has 0 atom stereocenters. The van der Waals surface area contributed by atoms with Gasteiger partial charge in [-0.1, -0.05) is 52.0 Å². The fourth-order valence-electron chi connectivity index (χ4n) is 2.07. The molecule has 0 aliphatic carbocycles. The number of aryl methyl sites for hydroxylation is 1. The second-order valence-corrected chi connectivity index (χ2v) is 5.50. The Morgan fingerprint density at radius 2 is 1.81 bits per heavy atom. The van der Waals surface area contributed by atoms with Crippen molar-refractivity contribution < 1.29 is 4.79 Å². The van der Waals surface area contributed by atoms with Crippen LogP contribution in [0.5, 0.6) is 0 Å². The molecule has 0 aliphatic heterocycles. The predicted molar refractivity (Wildman–Crippen MR) is 68.7 cm³/mol. The fraction of sp³-hybridized carbons (Fsp3) is 0.533. The van der Waals surface area contributed by atoms with Gasteiger partial charge in [0, 0.05) is 12.3 Å². The van der Waals surface area contributed by atoms with Gasteiger partial charge in [0.1, 0.15) is 5.78 Å². The van der Waals surface area contributed by atoms with E-state index in [1.807, 2.05) is 26.0 Å². The zero-order valence-electron chi connectivity index (χ0n) is 11.0. The number of hydrogen-bond acceptors (Lipinski definition) is 1. The maximum atomic E-state index is 11.8.